The molecule has 0 aliphatic rings. The van der Waals surface area contributed by atoms with E-state index >= 15 is 0 Å². The molecule has 5 heteroatoms. The molecule has 0 spiro atoms. The highest BCUT2D eigenvalue weighted by atomic mass is 32.1. The topological polar surface area (TPSA) is 69.7 Å². The molecular weight excluding hydrogens is 140 g/mol. The van der Waals surface area contributed by atoms with Crippen LogP contribution in [-0.4, -0.2) is 33.2 Å². The quantitative estimate of drug-likeness (QED) is 0.341. The van der Waals surface area contributed by atoms with Crippen molar-refractivity contribution in [1.82, 2.24) is 4.90 Å². The summed E-state index contributed by atoms with van der Waals surface area (Å²) in [7, 11) is 0. The van der Waals surface area contributed by atoms with Gasteiger partial charge < -0.3 is 20.8 Å². The van der Waals surface area contributed by atoms with E-state index in [9.17, 15) is 0 Å². The minimum absolute atomic E-state index is 0.00694. The molecule has 0 aliphatic heterocycles. The Labute approximate surface area is 58.9 Å². The van der Waals surface area contributed by atoms with Gasteiger partial charge in [0, 0.05) is 6.54 Å². The zero-order chi connectivity index (χ0) is 7.44. The van der Waals surface area contributed by atoms with E-state index in [1.165, 1.54) is 0 Å². The highest BCUT2D eigenvalue weighted by molar-refractivity contribution is 7.80. The zero-order valence-electron chi connectivity index (χ0n) is 5.11. The van der Waals surface area contributed by atoms with E-state index in [1.807, 2.05) is 0 Å². The van der Waals surface area contributed by atoms with Crippen LogP contribution >= 0.6 is 12.2 Å². The number of rotatable bonds is 2. The standard InChI is InChI=1S/C4H10N2O2S/c1-2-6(3(5)9)4(7)8/h4,7-8H,2H2,1H3,(H2,5,9). The van der Waals surface area contributed by atoms with E-state index in [0.29, 0.717) is 6.54 Å². The average molecular weight is 150 g/mol. The highest BCUT2D eigenvalue weighted by Gasteiger charge is 2.09. The van der Waals surface area contributed by atoms with Crippen molar-refractivity contribution in [2.24, 2.45) is 5.73 Å². The first-order valence-electron chi connectivity index (χ1n) is 2.51. The summed E-state index contributed by atoms with van der Waals surface area (Å²) in [6.45, 7) is 2.12. The smallest absolute Gasteiger partial charge is 0.237 e. The summed E-state index contributed by atoms with van der Waals surface area (Å²) in [5.41, 5.74) is 5.09. The first-order chi connectivity index (χ1) is 4.09. The maximum absolute atomic E-state index is 8.50. The third kappa shape index (κ3) is 2.59. The molecule has 0 bridgehead atoms. The number of thiocarbonyl (C=S) groups is 1. The van der Waals surface area contributed by atoms with Crippen LogP contribution in [0.3, 0.4) is 0 Å². The van der Waals surface area contributed by atoms with Crippen LogP contribution in [0.5, 0.6) is 0 Å². The van der Waals surface area contributed by atoms with Gasteiger partial charge in [-0.1, -0.05) is 0 Å². The van der Waals surface area contributed by atoms with Crippen LogP contribution in [0.25, 0.3) is 0 Å². The Bertz CT molecular complexity index is 107. The van der Waals surface area contributed by atoms with Crippen molar-refractivity contribution < 1.29 is 10.2 Å². The maximum Gasteiger partial charge on any atom is 0.237 e. The van der Waals surface area contributed by atoms with E-state index in [-0.39, 0.29) is 5.11 Å². The van der Waals surface area contributed by atoms with Crippen LogP contribution in [0.1, 0.15) is 6.92 Å². The van der Waals surface area contributed by atoms with Gasteiger partial charge in [0.05, 0.1) is 0 Å². The molecule has 0 fully saturated rings. The second-order valence-electron chi connectivity index (χ2n) is 1.47. The number of nitrogens with two attached hydrogens (primary N) is 1. The number of aliphatic hydroxyl groups excluding tert-OH is 1. The molecule has 0 aromatic heterocycles. The van der Waals surface area contributed by atoms with Gasteiger partial charge in [0.2, 0.25) is 6.41 Å². The molecule has 0 radical (unpaired) electrons. The van der Waals surface area contributed by atoms with E-state index in [0.717, 1.165) is 4.90 Å². The van der Waals surface area contributed by atoms with Crippen LogP contribution in [-0.2, 0) is 0 Å². The summed E-state index contributed by atoms with van der Waals surface area (Å²) in [6.07, 6.45) is -1.58. The van der Waals surface area contributed by atoms with Crippen molar-refractivity contribution in [2.75, 3.05) is 6.54 Å². The minimum atomic E-state index is -1.58. The molecule has 0 aromatic rings. The van der Waals surface area contributed by atoms with Crippen LogP contribution in [0.2, 0.25) is 0 Å². The Hall–Kier alpha value is -0.390. The SMILES string of the molecule is CCN(C(N)=S)C(O)O. The van der Waals surface area contributed by atoms with Crippen molar-refractivity contribution in [3.8, 4) is 0 Å². The van der Waals surface area contributed by atoms with E-state index in [1.54, 1.807) is 6.92 Å². The van der Waals surface area contributed by atoms with Gasteiger partial charge in [0.15, 0.2) is 5.11 Å². The highest BCUT2D eigenvalue weighted by Crippen LogP contribution is 1.89. The fourth-order valence-electron chi connectivity index (χ4n) is 0.433. The van der Waals surface area contributed by atoms with Crippen molar-refractivity contribution in [3.05, 3.63) is 0 Å². The molecular formula is C4H10N2O2S. The molecule has 4 N–H and O–H groups in total. The number of hydrogen-bond donors (Lipinski definition) is 3. The largest absolute Gasteiger partial charge is 0.376 e. The second kappa shape index (κ2) is 3.60. The summed E-state index contributed by atoms with van der Waals surface area (Å²) < 4.78 is 0. The molecule has 0 heterocycles. The van der Waals surface area contributed by atoms with Crippen LogP contribution < -0.4 is 5.73 Å². The fourth-order valence-corrected chi connectivity index (χ4v) is 0.656. The predicted molar refractivity (Wildman–Crippen MR) is 37.4 cm³/mol. The molecule has 0 saturated heterocycles. The van der Waals surface area contributed by atoms with Crippen LogP contribution in [0, 0.1) is 0 Å². The minimum Gasteiger partial charge on any atom is -0.376 e. The van der Waals surface area contributed by atoms with E-state index in [2.05, 4.69) is 12.2 Å². The van der Waals surface area contributed by atoms with E-state index < -0.39 is 6.41 Å². The first kappa shape index (κ1) is 8.61. The maximum atomic E-state index is 8.50. The van der Waals surface area contributed by atoms with Gasteiger partial charge in [-0.25, -0.2) is 0 Å². The molecule has 54 valence electrons. The molecule has 0 amide bonds. The van der Waals surface area contributed by atoms with Gasteiger partial charge in [0.25, 0.3) is 0 Å². The fraction of sp³-hybridized carbons (Fsp3) is 0.750. The lowest BCUT2D eigenvalue weighted by molar-refractivity contribution is -0.122. The number of hydrogen-bond acceptors (Lipinski definition) is 3. The van der Waals surface area contributed by atoms with Gasteiger partial charge >= 0.3 is 0 Å². The molecule has 9 heavy (non-hydrogen) atoms. The zero-order valence-corrected chi connectivity index (χ0v) is 5.93. The Morgan fingerprint density at radius 1 is 1.78 bits per heavy atom. The van der Waals surface area contributed by atoms with Gasteiger partial charge in [-0.3, -0.25) is 0 Å². The van der Waals surface area contributed by atoms with Gasteiger partial charge in [-0.15, -0.1) is 0 Å². The Morgan fingerprint density at radius 2 is 2.22 bits per heavy atom. The van der Waals surface area contributed by atoms with Crippen LogP contribution in [0.15, 0.2) is 0 Å². The van der Waals surface area contributed by atoms with Gasteiger partial charge in [0.1, 0.15) is 0 Å². The van der Waals surface area contributed by atoms with Crippen molar-refractivity contribution >= 4 is 17.3 Å². The van der Waals surface area contributed by atoms with Gasteiger partial charge in [-0.2, -0.15) is 0 Å². The summed E-state index contributed by atoms with van der Waals surface area (Å²) in [4.78, 5) is 1.08. The molecule has 0 aliphatic carbocycles. The number of nitrogens with zero attached hydrogens (tertiary/aromatic N) is 1. The molecule has 0 saturated carbocycles. The molecule has 0 aromatic carbocycles. The Balaban J connectivity index is 3.83. The summed E-state index contributed by atoms with van der Waals surface area (Å²) in [6, 6.07) is 0. The van der Waals surface area contributed by atoms with Crippen molar-refractivity contribution in [3.63, 3.8) is 0 Å². The molecule has 0 atom stereocenters. The monoisotopic (exact) mass is 150 g/mol. The number of aliphatic hydroxyl groups is 2. The van der Waals surface area contributed by atoms with Gasteiger partial charge in [-0.05, 0) is 19.1 Å². The predicted octanol–water partition coefficient (Wildman–Crippen LogP) is -1.18. The molecule has 0 rings (SSSR count). The lowest BCUT2D eigenvalue weighted by Crippen LogP contribution is -2.43. The van der Waals surface area contributed by atoms with E-state index in [4.69, 9.17) is 15.9 Å². The first-order valence-corrected chi connectivity index (χ1v) is 2.92. The molecule has 0 unspecified atom stereocenters. The third-order valence-corrected chi connectivity index (χ3v) is 1.14. The lowest BCUT2D eigenvalue weighted by Gasteiger charge is -2.21. The van der Waals surface area contributed by atoms with Crippen molar-refractivity contribution in [1.29, 1.82) is 0 Å². The average Bonchev–Trinajstić information content (AvgIpc) is 1.64. The Kier molecular flexibility index (Phi) is 3.44. The molecule has 4 nitrogen and oxygen atoms in total. The summed E-state index contributed by atoms with van der Waals surface area (Å²) >= 11 is 4.48. The van der Waals surface area contributed by atoms with Crippen LogP contribution in [0.4, 0.5) is 0 Å². The Morgan fingerprint density at radius 3 is 2.22 bits per heavy atom. The lowest BCUT2D eigenvalue weighted by atomic mass is 10.6. The van der Waals surface area contributed by atoms with Crippen molar-refractivity contribution in [2.45, 2.75) is 13.3 Å². The summed E-state index contributed by atoms with van der Waals surface area (Å²) in [5, 5.41) is 17.0. The summed E-state index contributed by atoms with van der Waals surface area (Å²) in [5.74, 6) is 0. The normalized spacial score (nSPS) is 9.78. The second-order valence-corrected chi connectivity index (χ2v) is 1.89. The third-order valence-electron chi connectivity index (χ3n) is 0.903.